The molecule has 0 saturated carbocycles. The third-order valence-corrected chi connectivity index (χ3v) is 3.84. The molecular weight excluding hydrogens is 274 g/mol. The Bertz CT molecular complexity index is 722. The van der Waals surface area contributed by atoms with Gasteiger partial charge in [-0.1, -0.05) is 38.1 Å². The highest BCUT2D eigenvalue weighted by molar-refractivity contribution is 5.88. The molecule has 0 fully saturated rings. The predicted octanol–water partition coefficient (Wildman–Crippen LogP) is 3.40. The Balaban J connectivity index is 2.12. The summed E-state index contributed by atoms with van der Waals surface area (Å²) in [7, 11) is 0. The fourth-order valence-electron chi connectivity index (χ4n) is 2.91. The molecule has 1 aliphatic rings. The zero-order valence-corrected chi connectivity index (χ0v) is 13.3. The van der Waals surface area contributed by atoms with E-state index in [2.05, 4.69) is 37.4 Å². The zero-order chi connectivity index (χ0) is 15.7. The molecule has 4 nitrogen and oxygen atoms in total. The minimum absolute atomic E-state index is 0.101. The number of amides is 1. The summed E-state index contributed by atoms with van der Waals surface area (Å²) in [6.07, 6.45) is 2.65. The van der Waals surface area contributed by atoms with E-state index in [9.17, 15) is 4.79 Å². The molecule has 0 aliphatic heterocycles. The Labute approximate surface area is 131 Å². The second-order valence-corrected chi connectivity index (χ2v) is 6.25. The van der Waals surface area contributed by atoms with E-state index in [1.165, 1.54) is 18.1 Å². The van der Waals surface area contributed by atoms with Gasteiger partial charge >= 0.3 is 0 Å². The first-order valence-corrected chi connectivity index (χ1v) is 7.80. The van der Waals surface area contributed by atoms with Gasteiger partial charge < -0.3 is 5.32 Å². The highest BCUT2D eigenvalue weighted by atomic mass is 16.1. The lowest BCUT2D eigenvalue weighted by molar-refractivity contribution is -0.114. The van der Waals surface area contributed by atoms with Crippen LogP contribution in [0.2, 0.25) is 0 Å². The van der Waals surface area contributed by atoms with Gasteiger partial charge in [0, 0.05) is 12.5 Å². The quantitative estimate of drug-likeness (QED) is 0.944. The monoisotopic (exact) mass is 295 g/mol. The van der Waals surface area contributed by atoms with Crippen molar-refractivity contribution in [2.45, 2.75) is 40.0 Å². The highest BCUT2D eigenvalue weighted by Crippen LogP contribution is 2.32. The van der Waals surface area contributed by atoms with Crippen LogP contribution in [0.1, 0.15) is 37.7 Å². The van der Waals surface area contributed by atoms with Crippen molar-refractivity contribution in [2.75, 3.05) is 5.32 Å². The zero-order valence-electron chi connectivity index (χ0n) is 13.3. The van der Waals surface area contributed by atoms with Gasteiger partial charge in [-0.3, -0.25) is 4.79 Å². The second kappa shape index (κ2) is 5.87. The van der Waals surface area contributed by atoms with Crippen molar-refractivity contribution in [1.82, 2.24) is 9.97 Å². The van der Waals surface area contributed by atoms with E-state index in [4.69, 9.17) is 9.97 Å². The van der Waals surface area contributed by atoms with E-state index < -0.39 is 0 Å². The number of hydrogen-bond donors (Lipinski definition) is 1. The van der Waals surface area contributed by atoms with Crippen LogP contribution in [0.25, 0.3) is 11.3 Å². The molecule has 0 saturated heterocycles. The maximum Gasteiger partial charge on any atom is 0.222 e. The molecule has 0 spiro atoms. The summed E-state index contributed by atoms with van der Waals surface area (Å²) >= 11 is 0. The summed E-state index contributed by atoms with van der Waals surface area (Å²) in [5.74, 6) is 0.980. The minimum atomic E-state index is -0.101. The van der Waals surface area contributed by atoms with Crippen molar-refractivity contribution in [2.24, 2.45) is 5.92 Å². The molecule has 1 aromatic carbocycles. The van der Waals surface area contributed by atoms with Crippen molar-refractivity contribution in [1.29, 1.82) is 0 Å². The van der Waals surface area contributed by atoms with Crippen molar-refractivity contribution >= 4 is 11.7 Å². The van der Waals surface area contributed by atoms with Crippen LogP contribution in [-0.2, 0) is 24.1 Å². The summed E-state index contributed by atoms with van der Waals surface area (Å²) in [6, 6.07) is 8.38. The maximum absolute atomic E-state index is 11.4. The number of anilines is 1. The van der Waals surface area contributed by atoms with Crippen molar-refractivity contribution in [3.05, 3.63) is 41.2 Å². The first kappa shape index (κ1) is 14.7. The van der Waals surface area contributed by atoms with Crippen LogP contribution in [0.5, 0.6) is 0 Å². The molecule has 0 unspecified atom stereocenters. The number of carbonyl (C=O) groups is 1. The van der Waals surface area contributed by atoms with E-state index >= 15 is 0 Å². The number of hydrogen-bond acceptors (Lipinski definition) is 3. The molecule has 114 valence electrons. The summed E-state index contributed by atoms with van der Waals surface area (Å²) < 4.78 is 0. The number of benzene rings is 1. The van der Waals surface area contributed by atoms with Gasteiger partial charge in [-0.15, -0.1) is 0 Å². The van der Waals surface area contributed by atoms with Gasteiger partial charge in [-0.05, 0) is 30.7 Å². The van der Waals surface area contributed by atoms with E-state index in [1.807, 2.05) is 6.07 Å². The lowest BCUT2D eigenvalue weighted by Gasteiger charge is -2.21. The average Bonchev–Trinajstić information content (AvgIpc) is 2.47. The van der Waals surface area contributed by atoms with Crippen LogP contribution < -0.4 is 5.32 Å². The van der Waals surface area contributed by atoms with E-state index in [0.717, 1.165) is 36.3 Å². The first-order chi connectivity index (χ1) is 10.5. The van der Waals surface area contributed by atoms with E-state index in [0.29, 0.717) is 11.7 Å². The van der Waals surface area contributed by atoms with Crippen LogP contribution in [0.15, 0.2) is 24.3 Å². The molecule has 1 N–H and O–H groups in total. The van der Waals surface area contributed by atoms with Crippen LogP contribution in [0.4, 0.5) is 5.82 Å². The molecular formula is C18H21N3O. The largest absolute Gasteiger partial charge is 0.309 e. The number of aromatic nitrogens is 2. The summed E-state index contributed by atoms with van der Waals surface area (Å²) in [5, 5.41) is 2.84. The van der Waals surface area contributed by atoms with Gasteiger partial charge in [0.25, 0.3) is 0 Å². The number of aryl methyl sites for hydroxylation is 2. The molecule has 0 atom stereocenters. The third-order valence-electron chi connectivity index (χ3n) is 3.84. The molecule has 4 heteroatoms. The number of nitrogens with one attached hydrogen (secondary N) is 1. The van der Waals surface area contributed by atoms with Gasteiger partial charge in [0.1, 0.15) is 0 Å². The lowest BCUT2D eigenvalue weighted by atomic mass is 9.91. The van der Waals surface area contributed by atoms with Gasteiger partial charge in [0.05, 0.1) is 17.1 Å². The average molecular weight is 295 g/mol. The maximum atomic E-state index is 11.4. The molecule has 22 heavy (non-hydrogen) atoms. The fraction of sp³-hybridized carbons (Fsp3) is 0.389. The number of nitrogens with zero attached hydrogens (tertiary/aromatic N) is 2. The third kappa shape index (κ3) is 2.86. The second-order valence-electron chi connectivity index (χ2n) is 6.25. The predicted molar refractivity (Wildman–Crippen MR) is 87.7 cm³/mol. The molecule has 3 rings (SSSR count). The number of carbonyl (C=O) groups excluding carboxylic acids is 1. The lowest BCUT2D eigenvalue weighted by Crippen LogP contribution is -2.17. The minimum Gasteiger partial charge on any atom is -0.309 e. The van der Waals surface area contributed by atoms with Crippen molar-refractivity contribution in [3.63, 3.8) is 0 Å². The van der Waals surface area contributed by atoms with E-state index in [-0.39, 0.29) is 5.91 Å². The fourth-order valence-corrected chi connectivity index (χ4v) is 2.91. The van der Waals surface area contributed by atoms with Crippen LogP contribution in [0.3, 0.4) is 0 Å². The van der Waals surface area contributed by atoms with Gasteiger partial charge in [-0.25, -0.2) is 9.97 Å². The normalized spacial score (nSPS) is 12.7. The van der Waals surface area contributed by atoms with Crippen LogP contribution in [-0.4, -0.2) is 15.9 Å². The van der Waals surface area contributed by atoms with Gasteiger partial charge in [0.2, 0.25) is 5.91 Å². The van der Waals surface area contributed by atoms with Crippen LogP contribution in [0, 0.1) is 5.92 Å². The number of fused-ring (bicyclic) bond motifs is 3. The van der Waals surface area contributed by atoms with Crippen molar-refractivity contribution < 1.29 is 4.79 Å². The van der Waals surface area contributed by atoms with Crippen molar-refractivity contribution in [3.8, 4) is 11.3 Å². The topological polar surface area (TPSA) is 54.9 Å². The smallest absolute Gasteiger partial charge is 0.222 e. The summed E-state index contributed by atoms with van der Waals surface area (Å²) in [6.45, 7) is 5.80. The van der Waals surface area contributed by atoms with Crippen LogP contribution >= 0.6 is 0 Å². The Morgan fingerprint density at radius 2 is 2.00 bits per heavy atom. The Morgan fingerprint density at radius 1 is 1.23 bits per heavy atom. The molecule has 2 aromatic rings. The molecule has 0 bridgehead atoms. The standard InChI is InChI=1S/C18H21N3O/c1-11(2)10-16-18(19-12(3)22)21-15-9-8-13-6-4-5-7-14(13)17(15)20-16/h4-7,11H,8-10H2,1-3H3,(H,19,21,22). The Kier molecular flexibility index (Phi) is 3.92. The summed E-state index contributed by atoms with van der Waals surface area (Å²) in [5.41, 5.74) is 5.34. The molecule has 1 amide bonds. The first-order valence-electron chi connectivity index (χ1n) is 7.80. The van der Waals surface area contributed by atoms with Gasteiger partial charge in [0.15, 0.2) is 5.82 Å². The Hall–Kier alpha value is -2.23. The van der Waals surface area contributed by atoms with E-state index in [1.54, 1.807) is 0 Å². The molecule has 0 radical (unpaired) electrons. The number of rotatable bonds is 3. The highest BCUT2D eigenvalue weighted by Gasteiger charge is 2.21. The molecule has 1 aromatic heterocycles. The SMILES string of the molecule is CC(=O)Nc1nc2c(nc1CC(C)C)-c1ccccc1CC2. The Morgan fingerprint density at radius 3 is 2.73 bits per heavy atom. The molecule has 1 aliphatic carbocycles. The summed E-state index contributed by atoms with van der Waals surface area (Å²) in [4.78, 5) is 21.0. The van der Waals surface area contributed by atoms with Gasteiger partial charge in [-0.2, -0.15) is 0 Å². The molecule has 1 heterocycles.